The van der Waals surface area contributed by atoms with Crippen LogP contribution < -0.4 is 0 Å². The molecule has 2 N–H and O–H groups in total. The number of thioether (sulfide) groups is 1. The van der Waals surface area contributed by atoms with E-state index in [2.05, 4.69) is 20.8 Å². The zero-order chi connectivity index (χ0) is 22.0. The molecule has 0 heterocycles. The molecule has 170 valence electrons. The molecule has 1 aromatic rings. The Morgan fingerprint density at radius 1 is 1.00 bits per heavy atom. The summed E-state index contributed by atoms with van der Waals surface area (Å²) in [5.41, 5.74) is -0.355. The van der Waals surface area contributed by atoms with Crippen molar-refractivity contribution < 1.29 is 15.0 Å². The lowest BCUT2D eigenvalue weighted by Crippen LogP contribution is -2.58. The second-order valence-electron chi connectivity index (χ2n) is 11.7. The lowest BCUT2D eigenvalue weighted by molar-refractivity contribution is -0.164. The molecule has 31 heavy (non-hydrogen) atoms. The largest absolute Gasteiger partial charge is 0.508 e. The first-order valence-corrected chi connectivity index (χ1v) is 13.3. The highest BCUT2D eigenvalue weighted by molar-refractivity contribution is 7.99. The number of benzene rings is 1. The third-order valence-corrected chi connectivity index (χ3v) is 11.9. The molecule has 0 spiro atoms. The highest BCUT2D eigenvalue weighted by Crippen LogP contribution is 2.69. The molecule has 0 saturated heterocycles. The van der Waals surface area contributed by atoms with E-state index in [4.69, 9.17) is 0 Å². The molecular weight excluding hydrogens is 404 g/mol. The molecule has 4 aliphatic rings. The molecule has 1 aromatic carbocycles. The molecule has 4 aliphatic carbocycles. The molecule has 0 aliphatic heterocycles. The van der Waals surface area contributed by atoms with E-state index in [0.717, 1.165) is 42.8 Å². The number of carbonyl (C=O) groups is 1. The summed E-state index contributed by atoms with van der Waals surface area (Å²) < 4.78 is 0. The first-order chi connectivity index (χ1) is 14.7. The van der Waals surface area contributed by atoms with Crippen molar-refractivity contribution in [1.82, 2.24) is 0 Å². The van der Waals surface area contributed by atoms with Crippen molar-refractivity contribution in [2.24, 2.45) is 40.4 Å². The number of rotatable bonds is 3. The molecule has 5 rings (SSSR count). The van der Waals surface area contributed by atoms with Gasteiger partial charge in [-0.15, -0.1) is 11.8 Å². The molecule has 8 atom stereocenters. The normalized spacial score (nSPS) is 46.8. The number of aliphatic hydroxyl groups is 1. The van der Waals surface area contributed by atoms with Crippen molar-refractivity contribution in [2.45, 2.75) is 82.6 Å². The average molecular weight is 443 g/mol. The smallest absolute Gasteiger partial charge is 0.133 e. The van der Waals surface area contributed by atoms with Crippen LogP contribution in [0.25, 0.3) is 0 Å². The number of aromatic hydroxyl groups is 1. The monoisotopic (exact) mass is 442 g/mol. The Bertz CT molecular complexity index is 853. The Balaban J connectivity index is 1.36. The summed E-state index contributed by atoms with van der Waals surface area (Å²) in [6.45, 7) is 7.22. The van der Waals surface area contributed by atoms with Crippen molar-refractivity contribution in [3.05, 3.63) is 24.3 Å². The van der Waals surface area contributed by atoms with Gasteiger partial charge in [0.2, 0.25) is 0 Å². The van der Waals surface area contributed by atoms with Crippen LogP contribution in [0.1, 0.15) is 72.1 Å². The van der Waals surface area contributed by atoms with Crippen LogP contribution in [-0.2, 0) is 4.79 Å². The number of fused-ring (bicyclic) bond motifs is 5. The highest BCUT2D eigenvalue weighted by atomic mass is 32.2. The second kappa shape index (κ2) is 7.52. The van der Waals surface area contributed by atoms with E-state index in [1.807, 2.05) is 12.1 Å². The fourth-order valence-electron chi connectivity index (χ4n) is 8.57. The molecule has 0 bridgehead atoms. The molecule has 0 aromatic heterocycles. The van der Waals surface area contributed by atoms with E-state index in [1.165, 1.54) is 19.3 Å². The van der Waals surface area contributed by atoms with Gasteiger partial charge in [0.15, 0.2) is 0 Å². The van der Waals surface area contributed by atoms with Gasteiger partial charge in [-0.05, 0) is 97.8 Å². The molecule has 0 unspecified atom stereocenters. The zero-order valence-corrected chi connectivity index (χ0v) is 20.1. The minimum atomic E-state index is -0.628. The predicted molar refractivity (Wildman–Crippen MR) is 125 cm³/mol. The molecular formula is C27H38O3S. The van der Waals surface area contributed by atoms with Gasteiger partial charge in [-0.1, -0.05) is 20.8 Å². The Morgan fingerprint density at radius 3 is 2.45 bits per heavy atom. The van der Waals surface area contributed by atoms with Crippen LogP contribution in [0.3, 0.4) is 0 Å². The summed E-state index contributed by atoms with van der Waals surface area (Å²) in [6.07, 6.45) is 8.36. The van der Waals surface area contributed by atoms with E-state index in [-0.39, 0.29) is 11.2 Å². The Hall–Kier alpha value is -1.00. The second-order valence-corrected chi connectivity index (χ2v) is 12.7. The fraction of sp³-hybridized carbons (Fsp3) is 0.741. The number of hydrogen-bond donors (Lipinski definition) is 2. The number of hydrogen-bond acceptors (Lipinski definition) is 4. The summed E-state index contributed by atoms with van der Waals surface area (Å²) in [5.74, 6) is 4.56. The minimum absolute atomic E-state index is 0.0188. The van der Waals surface area contributed by atoms with Crippen LogP contribution in [0.2, 0.25) is 0 Å². The first kappa shape index (κ1) is 21.8. The van der Waals surface area contributed by atoms with E-state index < -0.39 is 5.60 Å². The summed E-state index contributed by atoms with van der Waals surface area (Å²) in [5, 5.41) is 21.5. The fourth-order valence-corrected chi connectivity index (χ4v) is 9.78. The third kappa shape index (κ3) is 3.22. The first-order valence-electron chi connectivity index (χ1n) is 12.3. The maximum atomic E-state index is 12.3. The third-order valence-electron chi connectivity index (χ3n) is 10.7. The van der Waals surface area contributed by atoms with E-state index in [1.54, 1.807) is 23.9 Å². The van der Waals surface area contributed by atoms with Gasteiger partial charge < -0.3 is 10.2 Å². The molecule has 0 radical (unpaired) electrons. The van der Waals surface area contributed by atoms with Crippen LogP contribution in [0.4, 0.5) is 0 Å². The van der Waals surface area contributed by atoms with Gasteiger partial charge in [-0.2, -0.15) is 0 Å². The zero-order valence-electron chi connectivity index (χ0n) is 19.3. The van der Waals surface area contributed by atoms with Gasteiger partial charge in [0, 0.05) is 28.9 Å². The predicted octanol–water partition coefficient (Wildman–Crippen LogP) is 6.07. The standard InChI is InChI=1S/C27H38O3S/c1-17-14-20(29)15-18-4-9-22-23-11-13-27(30,16-31-21-7-5-19(28)6-8-21)25(23,2)12-10-24(22)26(17,18)3/h5-8,17-18,22-24,28,30H,4,9-16H2,1-3H3/t17-,18-,22-,23-,24-,25-,26-,27+/m0/s1. The van der Waals surface area contributed by atoms with Gasteiger partial charge in [0.25, 0.3) is 0 Å². The topological polar surface area (TPSA) is 57.5 Å². The number of phenolic OH excluding ortho intramolecular Hbond substituents is 1. The van der Waals surface area contributed by atoms with Crippen molar-refractivity contribution in [2.75, 3.05) is 5.75 Å². The number of phenols is 1. The van der Waals surface area contributed by atoms with Gasteiger partial charge in [0.1, 0.15) is 11.5 Å². The minimum Gasteiger partial charge on any atom is -0.508 e. The Labute approximate surface area is 191 Å². The van der Waals surface area contributed by atoms with E-state index in [0.29, 0.717) is 40.8 Å². The molecule has 4 heteroatoms. The Kier molecular flexibility index (Phi) is 5.29. The summed E-state index contributed by atoms with van der Waals surface area (Å²) in [4.78, 5) is 13.4. The molecule has 4 fully saturated rings. The maximum Gasteiger partial charge on any atom is 0.133 e. The van der Waals surface area contributed by atoms with Crippen LogP contribution in [-0.4, -0.2) is 27.4 Å². The number of carbonyl (C=O) groups excluding carboxylic acids is 1. The quantitative estimate of drug-likeness (QED) is 0.558. The van der Waals surface area contributed by atoms with E-state index >= 15 is 0 Å². The lowest BCUT2D eigenvalue weighted by Gasteiger charge is -2.62. The molecule has 3 nitrogen and oxygen atoms in total. The van der Waals surface area contributed by atoms with Gasteiger partial charge >= 0.3 is 0 Å². The van der Waals surface area contributed by atoms with E-state index in [9.17, 15) is 15.0 Å². The van der Waals surface area contributed by atoms with Gasteiger partial charge in [-0.25, -0.2) is 0 Å². The van der Waals surface area contributed by atoms with Crippen LogP contribution in [0, 0.1) is 40.4 Å². The number of ketones is 1. The van der Waals surface area contributed by atoms with Crippen molar-refractivity contribution in [3.8, 4) is 5.75 Å². The SMILES string of the molecule is C[C@H]1CC(=O)C[C@@H]2CC[C@@H]3[C@H](CC[C@@]4(C)[C@H]3CC[C@@]4(O)CSc3ccc(O)cc3)[C@]21C. The molecule has 0 amide bonds. The van der Waals surface area contributed by atoms with Crippen LogP contribution in [0.15, 0.2) is 29.2 Å². The van der Waals surface area contributed by atoms with Crippen molar-refractivity contribution in [3.63, 3.8) is 0 Å². The van der Waals surface area contributed by atoms with Crippen molar-refractivity contribution in [1.29, 1.82) is 0 Å². The van der Waals surface area contributed by atoms with Crippen LogP contribution in [0.5, 0.6) is 5.75 Å². The number of Topliss-reactive ketones (excluding diaryl/α,β-unsaturated/α-hetero) is 1. The van der Waals surface area contributed by atoms with Gasteiger partial charge in [-0.3, -0.25) is 4.79 Å². The Morgan fingerprint density at radius 2 is 1.71 bits per heavy atom. The van der Waals surface area contributed by atoms with Crippen LogP contribution >= 0.6 is 11.8 Å². The summed E-state index contributed by atoms with van der Waals surface area (Å²) >= 11 is 1.73. The molecule has 4 saturated carbocycles. The highest BCUT2D eigenvalue weighted by Gasteiger charge is 2.65. The van der Waals surface area contributed by atoms with Gasteiger partial charge in [0.05, 0.1) is 5.60 Å². The lowest BCUT2D eigenvalue weighted by atomic mass is 9.42. The van der Waals surface area contributed by atoms with Crippen molar-refractivity contribution >= 4 is 17.5 Å². The summed E-state index contributed by atoms with van der Waals surface area (Å²) in [7, 11) is 0. The maximum absolute atomic E-state index is 12.3. The summed E-state index contributed by atoms with van der Waals surface area (Å²) in [6, 6.07) is 7.35. The average Bonchev–Trinajstić information content (AvgIpc) is 3.00.